The molecular weight excluding hydrogens is 262 g/mol. The Morgan fingerprint density at radius 1 is 1.11 bits per heavy atom. The van der Waals surface area contributed by atoms with E-state index in [1.165, 1.54) is 4.90 Å². The molecule has 0 N–H and O–H groups in total. The van der Waals surface area contributed by atoms with Crippen molar-refractivity contribution in [2.24, 2.45) is 0 Å². The van der Waals surface area contributed by atoms with Crippen LogP contribution >= 0.6 is 11.6 Å². The number of hydrogen-bond donors (Lipinski definition) is 0. The molecule has 0 saturated carbocycles. The van der Waals surface area contributed by atoms with Crippen molar-refractivity contribution in [2.45, 2.75) is 27.2 Å². The summed E-state index contributed by atoms with van der Waals surface area (Å²) in [5.74, 6) is -0.679. The third-order valence-electron chi connectivity index (χ3n) is 3.35. The topological polar surface area (TPSA) is 37.4 Å². The van der Waals surface area contributed by atoms with Crippen molar-refractivity contribution < 1.29 is 9.59 Å². The summed E-state index contributed by atoms with van der Waals surface area (Å²) in [4.78, 5) is 25.4. The van der Waals surface area contributed by atoms with Crippen molar-refractivity contribution in [3.05, 3.63) is 39.9 Å². The van der Waals surface area contributed by atoms with E-state index in [0.717, 1.165) is 17.5 Å². The van der Waals surface area contributed by atoms with Crippen molar-refractivity contribution in [3.8, 4) is 0 Å². The number of carbonyl (C=O) groups is 2. The first-order valence-electron chi connectivity index (χ1n) is 6.31. The first kappa shape index (κ1) is 13.8. The first-order valence-corrected chi connectivity index (χ1v) is 6.68. The summed E-state index contributed by atoms with van der Waals surface area (Å²) in [5, 5.41) is 0.0294. The minimum absolute atomic E-state index is 0.0294. The maximum Gasteiger partial charge on any atom is 0.273 e. The Morgan fingerprint density at radius 3 is 2.37 bits per heavy atom. The summed E-state index contributed by atoms with van der Waals surface area (Å²) in [7, 11) is 0. The van der Waals surface area contributed by atoms with Gasteiger partial charge in [-0.05, 0) is 37.0 Å². The lowest BCUT2D eigenvalue weighted by Gasteiger charge is -2.13. The van der Waals surface area contributed by atoms with E-state index in [9.17, 15) is 9.59 Å². The van der Waals surface area contributed by atoms with Gasteiger partial charge in [-0.1, -0.05) is 36.7 Å². The number of hydrogen-bond acceptors (Lipinski definition) is 2. The second-order valence-electron chi connectivity index (χ2n) is 4.75. The van der Waals surface area contributed by atoms with Crippen molar-refractivity contribution in [1.29, 1.82) is 0 Å². The SMILES string of the molecule is CCCN1C(=O)C(Cl)=C(c2ccc(C)c(C)c2)C1=O. The van der Waals surface area contributed by atoms with Gasteiger partial charge in [-0.15, -0.1) is 0 Å². The van der Waals surface area contributed by atoms with Gasteiger partial charge < -0.3 is 0 Å². The van der Waals surface area contributed by atoms with E-state index in [1.807, 2.05) is 39.0 Å². The first-order chi connectivity index (χ1) is 8.97. The van der Waals surface area contributed by atoms with E-state index in [0.29, 0.717) is 17.7 Å². The molecule has 0 radical (unpaired) electrons. The van der Waals surface area contributed by atoms with Gasteiger partial charge in [-0.3, -0.25) is 14.5 Å². The number of imide groups is 1. The van der Waals surface area contributed by atoms with E-state index >= 15 is 0 Å². The number of nitrogens with zero attached hydrogens (tertiary/aromatic N) is 1. The van der Waals surface area contributed by atoms with Crippen molar-refractivity contribution in [3.63, 3.8) is 0 Å². The maximum absolute atomic E-state index is 12.3. The second-order valence-corrected chi connectivity index (χ2v) is 5.13. The molecular formula is C15H16ClNO2. The highest BCUT2D eigenvalue weighted by atomic mass is 35.5. The largest absolute Gasteiger partial charge is 0.274 e. The van der Waals surface area contributed by atoms with Crippen LogP contribution in [-0.4, -0.2) is 23.3 Å². The fourth-order valence-corrected chi connectivity index (χ4v) is 2.41. The molecule has 1 aliphatic rings. The van der Waals surface area contributed by atoms with E-state index < -0.39 is 0 Å². The van der Waals surface area contributed by atoms with Crippen LogP contribution < -0.4 is 0 Å². The van der Waals surface area contributed by atoms with Gasteiger partial charge in [-0.25, -0.2) is 0 Å². The molecule has 0 bridgehead atoms. The van der Waals surface area contributed by atoms with Gasteiger partial charge in [0.15, 0.2) is 0 Å². The van der Waals surface area contributed by atoms with Crippen molar-refractivity contribution in [1.82, 2.24) is 4.90 Å². The van der Waals surface area contributed by atoms with Crippen LogP contribution in [0.4, 0.5) is 0 Å². The molecule has 1 aromatic carbocycles. The lowest BCUT2D eigenvalue weighted by molar-refractivity contribution is -0.136. The van der Waals surface area contributed by atoms with Crippen molar-refractivity contribution in [2.75, 3.05) is 6.54 Å². The third-order valence-corrected chi connectivity index (χ3v) is 3.70. The Morgan fingerprint density at radius 2 is 1.79 bits per heavy atom. The Labute approximate surface area is 117 Å². The molecule has 19 heavy (non-hydrogen) atoms. The number of rotatable bonds is 3. The van der Waals surface area contributed by atoms with Gasteiger partial charge in [0.05, 0.1) is 5.57 Å². The van der Waals surface area contributed by atoms with Gasteiger partial charge in [0, 0.05) is 6.54 Å². The highest BCUT2D eigenvalue weighted by molar-refractivity contribution is 6.55. The standard InChI is InChI=1S/C15H16ClNO2/c1-4-7-17-14(18)12(13(16)15(17)19)11-6-5-9(2)10(3)8-11/h5-6,8H,4,7H2,1-3H3. The molecule has 0 fully saturated rings. The maximum atomic E-state index is 12.3. The highest BCUT2D eigenvalue weighted by Gasteiger charge is 2.37. The van der Waals surface area contributed by atoms with Crippen LogP contribution in [-0.2, 0) is 9.59 Å². The van der Waals surface area contributed by atoms with Gasteiger partial charge in [-0.2, -0.15) is 0 Å². The molecule has 0 unspecified atom stereocenters. The zero-order chi connectivity index (χ0) is 14.2. The van der Waals surface area contributed by atoms with Crippen LogP contribution in [0, 0.1) is 13.8 Å². The highest BCUT2D eigenvalue weighted by Crippen LogP contribution is 2.32. The Balaban J connectivity index is 2.46. The molecule has 0 aliphatic carbocycles. The average molecular weight is 278 g/mol. The smallest absolute Gasteiger partial charge is 0.273 e. The average Bonchev–Trinajstić information content (AvgIpc) is 2.58. The number of amides is 2. The molecule has 2 amide bonds. The Hall–Kier alpha value is -1.61. The third kappa shape index (κ3) is 2.30. The zero-order valence-corrected chi connectivity index (χ0v) is 12.0. The summed E-state index contributed by atoms with van der Waals surface area (Å²) in [5.41, 5.74) is 3.25. The summed E-state index contributed by atoms with van der Waals surface area (Å²) >= 11 is 6.05. The lowest BCUT2D eigenvalue weighted by atomic mass is 10.0. The molecule has 0 atom stereocenters. The molecule has 4 heteroatoms. The molecule has 100 valence electrons. The van der Waals surface area contributed by atoms with Crippen LogP contribution in [0.3, 0.4) is 0 Å². The molecule has 1 aromatic rings. The molecule has 0 spiro atoms. The molecule has 0 saturated heterocycles. The quantitative estimate of drug-likeness (QED) is 0.797. The summed E-state index contributed by atoms with van der Waals surface area (Å²) in [6.07, 6.45) is 0.724. The minimum Gasteiger partial charge on any atom is -0.274 e. The summed E-state index contributed by atoms with van der Waals surface area (Å²) in [6.45, 7) is 6.29. The lowest BCUT2D eigenvalue weighted by Crippen LogP contribution is -2.31. The van der Waals surface area contributed by atoms with Gasteiger partial charge >= 0.3 is 0 Å². The predicted octanol–water partition coefficient (Wildman–Crippen LogP) is 3.03. The van der Waals surface area contributed by atoms with Gasteiger partial charge in [0.25, 0.3) is 11.8 Å². The van der Waals surface area contributed by atoms with Crippen molar-refractivity contribution >= 4 is 29.0 Å². The summed E-state index contributed by atoms with van der Waals surface area (Å²) < 4.78 is 0. The molecule has 1 heterocycles. The van der Waals surface area contributed by atoms with Crippen LogP contribution in [0.2, 0.25) is 0 Å². The van der Waals surface area contributed by atoms with Gasteiger partial charge in [0.2, 0.25) is 0 Å². The molecule has 2 rings (SSSR count). The number of benzene rings is 1. The van der Waals surface area contributed by atoms with Crippen LogP contribution in [0.15, 0.2) is 23.2 Å². The monoisotopic (exact) mass is 277 g/mol. The number of aryl methyl sites for hydroxylation is 2. The summed E-state index contributed by atoms with van der Waals surface area (Å²) in [6, 6.07) is 5.66. The van der Waals surface area contributed by atoms with Crippen LogP contribution in [0.5, 0.6) is 0 Å². The fraction of sp³-hybridized carbons (Fsp3) is 0.333. The Kier molecular flexibility index (Phi) is 3.76. The van der Waals surface area contributed by atoms with E-state index in [4.69, 9.17) is 11.6 Å². The minimum atomic E-state index is -0.387. The number of halogens is 1. The van der Waals surface area contributed by atoms with Crippen LogP contribution in [0.25, 0.3) is 5.57 Å². The van der Waals surface area contributed by atoms with E-state index in [1.54, 1.807) is 0 Å². The predicted molar refractivity (Wildman–Crippen MR) is 75.7 cm³/mol. The molecule has 1 aliphatic heterocycles. The van der Waals surface area contributed by atoms with E-state index in [-0.39, 0.29) is 16.8 Å². The second kappa shape index (κ2) is 5.17. The molecule has 3 nitrogen and oxygen atoms in total. The van der Waals surface area contributed by atoms with Crippen LogP contribution in [0.1, 0.15) is 30.0 Å². The zero-order valence-electron chi connectivity index (χ0n) is 11.3. The van der Waals surface area contributed by atoms with Gasteiger partial charge in [0.1, 0.15) is 5.03 Å². The molecule has 0 aromatic heterocycles. The normalized spacial score (nSPS) is 15.7. The number of carbonyl (C=O) groups excluding carboxylic acids is 2. The fourth-order valence-electron chi connectivity index (χ4n) is 2.12. The van der Waals surface area contributed by atoms with E-state index in [2.05, 4.69) is 0 Å². The Bertz CT molecular complexity index is 590.